The first-order valence-electron chi connectivity index (χ1n) is 8.97. The SMILES string of the molecule is CCC(COc1ccccc1[N+](=O)[O-])n1cnc2c(N)nc3ccccc3c21. The molecule has 2 heterocycles. The third-order valence-corrected chi connectivity index (χ3v) is 4.79. The summed E-state index contributed by atoms with van der Waals surface area (Å²) in [5.74, 6) is 0.628. The predicted molar refractivity (Wildman–Crippen MR) is 107 cm³/mol. The van der Waals surface area contributed by atoms with Crippen LogP contribution in [0.5, 0.6) is 5.75 Å². The highest BCUT2D eigenvalue weighted by Crippen LogP contribution is 2.31. The number of nitro groups is 1. The molecular formula is C20H19N5O3. The molecule has 0 spiro atoms. The van der Waals surface area contributed by atoms with E-state index in [1.54, 1.807) is 24.5 Å². The van der Waals surface area contributed by atoms with Crippen LogP contribution in [0.4, 0.5) is 11.5 Å². The van der Waals surface area contributed by atoms with Crippen molar-refractivity contribution in [1.82, 2.24) is 14.5 Å². The van der Waals surface area contributed by atoms with Gasteiger partial charge in [-0.2, -0.15) is 0 Å². The standard InChI is InChI=1S/C20H19N5O3/c1-2-13(11-28-17-10-6-5-9-16(17)25(26)27)24-12-22-18-19(24)14-7-3-4-8-15(14)23-20(18)21/h3-10,12-13H,2,11H2,1H3,(H2,21,23). The molecule has 0 aliphatic heterocycles. The Balaban J connectivity index is 1.73. The predicted octanol–water partition coefficient (Wildman–Crippen LogP) is 4.11. The second kappa shape index (κ2) is 7.15. The fourth-order valence-corrected chi connectivity index (χ4v) is 3.36. The van der Waals surface area contributed by atoms with Gasteiger partial charge in [0.25, 0.3) is 0 Å². The van der Waals surface area contributed by atoms with E-state index in [1.165, 1.54) is 6.07 Å². The van der Waals surface area contributed by atoms with E-state index in [-0.39, 0.29) is 24.1 Å². The summed E-state index contributed by atoms with van der Waals surface area (Å²) in [7, 11) is 0. The van der Waals surface area contributed by atoms with Crippen molar-refractivity contribution in [1.29, 1.82) is 0 Å². The molecule has 2 aromatic heterocycles. The number of hydrogen-bond acceptors (Lipinski definition) is 6. The topological polar surface area (TPSA) is 109 Å². The van der Waals surface area contributed by atoms with Gasteiger partial charge in [-0.05, 0) is 18.6 Å². The van der Waals surface area contributed by atoms with Crippen molar-refractivity contribution in [2.45, 2.75) is 19.4 Å². The van der Waals surface area contributed by atoms with E-state index in [4.69, 9.17) is 10.5 Å². The number of fused-ring (bicyclic) bond motifs is 3. The molecule has 142 valence electrons. The van der Waals surface area contributed by atoms with Gasteiger partial charge in [0.05, 0.1) is 28.3 Å². The van der Waals surface area contributed by atoms with Gasteiger partial charge in [0.2, 0.25) is 0 Å². The highest BCUT2D eigenvalue weighted by molar-refractivity contribution is 6.06. The molecule has 0 bridgehead atoms. The number of nitrogens with zero attached hydrogens (tertiary/aromatic N) is 4. The Kier molecular flexibility index (Phi) is 4.52. The summed E-state index contributed by atoms with van der Waals surface area (Å²) < 4.78 is 7.85. The summed E-state index contributed by atoms with van der Waals surface area (Å²) in [6, 6.07) is 14.1. The van der Waals surface area contributed by atoms with Crippen molar-refractivity contribution in [2.24, 2.45) is 0 Å². The van der Waals surface area contributed by atoms with Crippen LogP contribution in [0.2, 0.25) is 0 Å². The van der Waals surface area contributed by atoms with Crippen LogP contribution in [0.15, 0.2) is 54.9 Å². The Bertz CT molecular complexity index is 1170. The number of rotatable bonds is 6. The number of pyridine rings is 1. The van der Waals surface area contributed by atoms with Gasteiger partial charge in [0.1, 0.15) is 12.1 Å². The van der Waals surface area contributed by atoms with Crippen molar-refractivity contribution < 1.29 is 9.66 Å². The Morgan fingerprint density at radius 3 is 2.75 bits per heavy atom. The minimum Gasteiger partial charge on any atom is -0.485 e. The smallest absolute Gasteiger partial charge is 0.310 e. The van der Waals surface area contributed by atoms with Crippen molar-refractivity contribution in [3.05, 3.63) is 65.0 Å². The maximum absolute atomic E-state index is 11.2. The molecule has 8 nitrogen and oxygen atoms in total. The van der Waals surface area contributed by atoms with Crippen LogP contribution in [0.25, 0.3) is 21.9 Å². The van der Waals surface area contributed by atoms with Gasteiger partial charge in [-0.3, -0.25) is 10.1 Å². The van der Waals surface area contributed by atoms with Crippen molar-refractivity contribution >= 4 is 33.4 Å². The Labute approximate surface area is 160 Å². The van der Waals surface area contributed by atoms with E-state index in [2.05, 4.69) is 9.97 Å². The number of nitrogens with two attached hydrogens (primary N) is 1. The van der Waals surface area contributed by atoms with E-state index in [9.17, 15) is 10.1 Å². The molecule has 0 aliphatic carbocycles. The maximum Gasteiger partial charge on any atom is 0.310 e. The highest BCUT2D eigenvalue weighted by Gasteiger charge is 2.20. The molecule has 4 aromatic rings. The first-order chi connectivity index (χ1) is 13.6. The second-order valence-electron chi connectivity index (χ2n) is 6.46. The number of nitro benzene ring substituents is 1. The van der Waals surface area contributed by atoms with E-state index in [0.29, 0.717) is 11.3 Å². The van der Waals surface area contributed by atoms with Gasteiger partial charge in [0.15, 0.2) is 11.6 Å². The average Bonchev–Trinajstić information content (AvgIpc) is 3.15. The Morgan fingerprint density at radius 1 is 1.21 bits per heavy atom. The van der Waals surface area contributed by atoms with Crippen molar-refractivity contribution in [3.63, 3.8) is 0 Å². The van der Waals surface area contributed by atoms with Crippen LogP contribution in [-0.2, 0) is 0 Å². The maximum atomic E-state index is 11.2. The summed E-state index contributed by atoms with van der Waals surface area (Å²) in [5, 5.41) is 12.2. The van der Waals surface area contributed by atoms with Crippen LogP contribution >= 0.6 is 0 Å². The fraction of sp³-hybridized carbons (Fsp3) is 0.200. The van der Waals surface area contributed by atoms with Gasteiger partial charge in [0, 0.05) is 11.5 Å². The monoisotopic (exact) mass is 377 g/mol. The minimum atomic E-state index is -0.442. The summed E-state index contributed by atoms with van der Waals surface area (Å²) in [6.45, 7) is 2.30. The van der Waals surface area contributed by atoms with E-state index in [1.807, 2.05) is 35.8 Å². The number of ether oxygens (including phenoxy) is 1. The lowest BCUT2D eigenvalue weighted by molar-refractivity contribution is -0.385. The average molecular weight is 377 g/mol. The molecule has 0 fully saturated rings. The zero-order chi connectivity index (χ0) is 19.7. The number of nitrogen functional groups attached to an aromatic ring is 1. The quantitative estimate of drug-likeness (QED) is 0.400. The normalized spacial score (nSPS) is 12.3. The largest absolute Gasteiger partial charge is 0.485 e. The molecule has 0 saturated heterocycles. The molecule has 1 atom stereocenters. The summed E-state index contributed by atoms with van der Waals surface area (Å²) >= 11 is 0. The zero-order valence-corrected chi connectivity index (χ0v) is 15.3. The first kappa shape index (κ1) is 17.7. The molecule has 2 aromatic carbocycles. The van der Waals surface area contributed by atoms with Crippen LogP contribution in [0.1, 0.15) is 19.4 Å². The lowest BCUT2D eigenvalue weighted by Gasteiger charge is -2.19. The van der Waals surface area contributed by atoms with Gasteiger partial charge < -0.3 is 15.0 Å². The minimum absolute atomic E-state index is 0.0493. The molecule has 28 heavy (non-hydrogen) atoms. The van der Waals surface area contributed by atoms with Gasteiger partial charge in [-0.1, -0.05) is 37.3 Å². The lowest BCUT2D eigenvalue weighted by atomic mass is 10.1. The third-order valence-electron chi connectivity index (χ3n) is 4.79. The number of hydrogen-bond donors (Lipinski definition) is 1. The number of benzene rings is 2. The van der Waals surface area contributed by atoms with Crippen LogP contribution in [-0.4, -0.2) is 26.1 Å². The Morgan fingerprint density at radius 2 is 1.96 bits per heavy atom. The van der Waals surface area contributed by atoms with Gasteiger partial charge in [-0.25, -0.2) is 9.97 Å². The van der Waals surface area contributed by atoms with Crippen LogP contribution in [0, 0.1) is 10.1 Å². The zero-order valence-electron chi connectivity index (χ0n) is 15.3. The molecule has 2 N–H and O–H groups in total. The third kappa shape index (κ3) is 2.98. The molecule has 4 rings (SSSR count). The number of para-hydroxylation sites is 3. The van der Waals surface area contributed by atoms with Crippen LogP contribution in [0.3, 0.4) is 0 Å². The Hall–Kier alpha value is -3.68. The summed E-state index contributed by atoms with van der Waals surface area (Å²) in [4.78, 5) is 19.6. The van der Waals surface area contributed by atoms with Crippen molar-refractivity contribution in [3.8, 4) is 5.75 Å². The summed E-state index contributed by atoms with van der Waals surface area (Å²) in [6.07, 6.45) is 2.48. The number of imidazole rings is 1. The van der Waals surface area contributed by atoms with E-state index in [0.717, 1.165) is 22.8 Å². The summed E-state index contributed by atoms with van der Waals surface area (Å²) in [5.41, 5.74) is 8.38. The fourth-order valence-electron chi connectivity index (χ4n) is 3.36. The van der Waals surface area contributed by atoms with Crippen LogP contribution < -0.4 is 10.5 Å². The van der Waals surface area contributed by atoms with Gasteiger partial charge >= 0.3 is 5.69 Å². The molecule has 0 radical (unpaired) electrons. The molecule has 1 unspecified atom stereocenters. The lowest BCUT2D eigenvalue weighted by Crippen LogP contribution is -2.16. The highest BCUT2D eigenvalue weighted by atomic mass is 16.6. The van der Waals surface area contributed by atoms with E-state index < -0.39 is 4.92 Å². The van der Waals surface area contributed by atoms with Gasteiger partial charge in [-0.15, -0.1) is 0 Å². The second-order valence-corrected chi connectivity index (χ2v) is 6.46. The van der Waals surface area contributed by atoms with Crippen molar-refractivity contribution in [2.75, 3.05) is 12.3 Å². The number of anilines is 1. The molecule has 0 amide bonds. The molecule has 8 heteroatoms. The van der Waals surface area contributed by atoms with E-state index >= 15 is 0 Å². The molecule has 0 aliphatic rings. The molecular weight excluding hydrogens is 358 g/mol. The molecule has 0 saturated carbocycles. The number of aromatic nitrogens is 3. The first-order valence-corrected chi connectivity index (χ1v) is 8.97.